The predicted molar refractivity (Wildman–Crippen MR) is 73.5 cm³/mol. The minimum Gasteiger partial charge on any atom is -0.489 e. The molecule has 0 saturated carbocycles. The molecule has 0 bridgehead atoms. The van der Waals surface area contributed by atoms with Crippen LogP contribution in [-0.4, -0.2) is 11.1 Å². The molecule has 0 heterocycles. The number of carboxylic acids is 1. The highest BCUT2D eigenvalue weighted by Crippen LogP contribution is 2.17. The zero-order chi connectivity index (χ0) is 14.5. The number of hydrogen-bond donors (Lipinski definition) is 1. The van der Waals surface area contributed by atoms with E-state index in [0.29, 0.717) is 5.75 Å². The van der Waals surface area contributed by atoms with Crippen molar-refractivity contribution in [2.24, 2.45) is 0 Å². The van der Waals surface area contributed by atoms with Crippen molar-refractivity contribution >= 4 is 5.97 Å². The average molecular weight is 274 g/mol. The Morgan fingerprint density at radius 3 is 2.75 bits per heavy atom. The SMILES string of the molecule is CCc1cccc(OCc2cc(C(=O)O)ccc2F)c1. The minimum absolute atomic E-state index is 0.000120. The van der Waals surface area contributed by atoms with Crippen molar-refractivity contribution in [1.82, 2.24) is 0 Å². The van der Waals surface area contributed by atoms with Crippen molar-refractivity contribution in [3.63, 3.8) is 0 Å². The van der Waals surface area contributed by atoms with Crippen LogP contribution in [0.1, 0.15) is 28.4 Å². The maximum atomic E-state index is 13.6. The van der Waals surface area contributed by atoms with E-state index in [4.69, 9.17) is 9.84 Å². The Balaban J connectivity index is 2.13. The summed E-state index contributed by atoms with van der Waals surface area (Å²) in [7, 11) is 0. The van der Waals surface area contributed by atoms with E-state index >= 15 is 0 Å². The summed E-state index contributed by atoms with van der Waals surface area (Å²) in [5.74, 6) is -0.912. The fourth-order valence-electron chi connectivity index (χ4n) is 1.83. The Hall–Kier alpha value is -2.36. The van der Waals surface area contributed by atoms with Gasteiger partial charge in [-0.25, -0.2) is 9.18 Å². The molecule has 0 atom stereocenters. The van der Waals surface area contributed by atoms with E-state index in [0.717, 1.165) is 18.1 Å². The summed E-state index contributed by atoms with van der Waals surface area (Å²) in [5, 5.41) is 8.89. The lowest BCUT2D eigenvalue weighted by Gasteiger charge is -2.09. The zero-order valence-corrected chi connectivity index (χ0v) is 11.1. The molecule has 20 heavy (non-hydrogen) atoms. The number of aryl methyl sites for hydroxylation is 1. The molecule has 0 radical (unpaired) electrons. The predicted octanol–water partition coefficient (Wildman–Crippen LogP) is 3.67. The highest BCUT2D eigenvalue weighted by Gasteiger charge is 2.09. The van der Waals surface area contributed by atoms with Crippen LogP contribution in [0, 0.1) is 5.82 Å². The first-order valence-electron chi connectivity index (χ1n) is 6.33. The van der Waals surface area contributed by atoms with Crippen LogP contribution >= 0.6 is 0 Å². The van der Waals surface area contributed by atoms with E-state index in [-0.39, 0.29) is 17.7 Å². The average Bonchev–Trinajstić information content (AvgIpc) is 2.46. The smallest absolute Gasteiger partial charge is 0.335 e. The molecule has 1 N–H and O–H groups in total. The molecule has 2 rings (SSSR count). The number of hydrogen-bond acceptors (Lipinski definition) is 2. The van der Waals surface area contributed by atoms with Crippen LogP contribution in [0.15, 0.2) is 42.5 Å². The van der Waals surface area contributed by atoms with Crippen LogP contribution in [0.4, 0.5) is 4.39 Å². The lowest BCUT2D eigenvalue weighted by Crippen LogP contribution is -2.03. The molecule has 3 nitrogen and oxygen atoms in total. The van der Waals surface area contributed by atoms with Gasteiger partial charge in [-0.05, 0) is 42.3 Å². The summed E-state index contributed by atoms with van der Waals surface area (Å²) in [4.78, 5) is 10.9. The van der Waals surface area contributed by atoms with Crippen LogP contribution in [0.3, 0.4) is 0 Å². The molecule has 0 aliphatic heterocycles. The van der Waals surface area contributed by atoms with Crippen molar-refractivity contribution in [3.05, 3.63) is 65.0 Å². The van der Waals surface area contributed by atoms with E-state index in [1.807, 2.05) is 25.1 Å². The maximum absolute atomic E-state index is 13.6. The van der Waals surface area contributed by atoms with E-state index < -0.39 is 11.8 Å². The quantitative estimate of drug-likeness (QED) is 0.905. The normalized spacial score (nSPS) is 10.3. The van der Waals surface area contributed by atoms with Gasteiger partial charge in [0.1, 0.15) is 18.2 Å². The molecule has 0 aliphatic carbocycles. The number of ether oxygens (including phenoxy) is 1. The van der Waals surface area contributed by atoms with Gasteiger partial charge >= 0.3 is 5.97 Å². The highest BCUT2D eigenvalue weighted by atomic mass is 19.1. The summed E-state index contributed by atoms with van der Waals surface area (Å²) < 4.78 is 19.1. The van der Waals surface area contributed by atoms with Crippen molar-refractivity contribution < 1.29 is 19.0 Å². The molecule has 0 aliphatic rings. The lowest BCUT2D eigenvalue weighted by molar-refractivity contribution is 0.0696. The van der Waals surface area contributed by atoms with Gasteiger partial charge in [0, 0.05) is 5.56 Å². The van der Waals surface area contributed by atoms with Gasteiger partial charge in [-0.2, -0.15) is 0 Å². The van der Waals surface area contributed by atoms with Crippen LogP contribution in [0.5, 0.6) is 5.75 Å². The molecule has 2 aromatic carbocycles. The Morgan fingerprint density at radius 2 is 2.05 bits per heavy atom. The second-order valence-corrected chi connectivity index (χ2v) is 4.40. The highest BCUT2D eigenvalue weighted by molar-refractivity contribution is 5.87. The third kappa shape index (κ3) is 3.35. The van der Waals surface area contributed by atoms with Gasteiger partial charge in [-0.3, -0.25) is 0 Å². The molecule has 0 amide bonds. The third-order valence-electron chi connectivity index (χ3n) is 2.99. The standard InChI is InChI=1S/C16H15FO3/c1-2-11-4-3-5-14(8-11)20-10-13-9-12(16(18)19)6-7-15(13)17/h3-9H,2,10H2,1H3,(H,18,19). The number of aromatic carboxylic acids is 1. The molecule has 2 aromatic rings. The van der Waals surface area contributed by atoms with E-state index in [9.17, 15) is 9.18 Å². The minimum atomic E-state index is -1.08. The van der Waals surface area contributed by atoms with E-state index in [2.05, 4.69) is 0 Å². The number of halogens is 1. The summed E-state index contributed by atoms with van der Waals surface area (Å²) in [6, 6.07) is 11.2. The first kappa shape index (κ1) is 14.1. The summed E-state index contributed by atoms with van der Waals surface area (Å²) in [6.45, 7) is 2.04. The molecular weight excluding hydrogens is 259 g/mol. The van der Waals surface area contributed by atoms with Crippen LogP contribution < -0.4 is 4.74 Å². The second kappa shape index (κ2) is 6.19. The number of rotatable bonds is 5. The Labute approximate surface area is 116 Å². The molecular formula is C16H15FO3. The summed E-state index contributed by atoms with van der Waals surface area (Å²) in [6.07, 6.45) is 0.889. The van der Waals surface area contributed by atoms with Gasteiger partial charge in [0.15, 0.2) is 0 Å². The summed E-state index contributed by atoms with van der Waals surface area (Å²) in [5.41, 5.74) is 1.40. The van der Waals surface area contributed by atoms with Crippen LogP contribution in [0.25, 0.3) is 0 Å². The maximum Gasteiger partial charge on any atom is 0.335 e. The largest absolute Gasteiger partial charge is 0.489 e. The Bertz CT molecular complexity index is 623. The fraction of sp³-hybridized carbons (Fsp3) is 0.188. The Kier molecular flexibility index (Phi) is 4.35. The van der Waals surface area contributed by atoms with Crippen molar-refractivity contribution in [2.45, 2.75) is 20.0 Å². The van der Waals surface area contributed by atoms with Gasteiger partial charge < -0.3 is 9.84 Å². The molecule has 0 fully saturated rings. The fourth-order valence-corrected chi connectivity index (χ4v) is 1.83. The number of carboxylic acid groups (broad SMARTS) is 1. The zero-order valence-electron chi connectivity index (χ0n) is 11.1. The van der Waals surface area contributed by atoms with Crippen molar-refractivity contribution in [3.8, 4) is 5.75 Å². The van der Waals surface area contributed by atoms with Gasteiger partial charge in [0.25, 0.3) is 0 Å². The number of benzene rings is 2. The van der Waals surface area contributed by atoms with Gasteiger partial charge in [0.2, 0.25) is 0 Å². The summed E-state index contributed by atoms with van der Waals surface area (Å²) >= 11 is 0. The third-order valence-corrected chi connectivity index (χ3v) is 2.99. The molecule has 0 unspecified atom stereocenters. The second-order valence-electron chi connectivity index (χ2n) is 4.40. The van der Waals surface area contributed by atoms with E-state index in [1.54, 1.807) is 6.07 Å². The van der Waals surface area contributed by atoms with Crippen LogP contribution in [-0.2, 0) is 13.0 Å². The molecule has 0 aromatic heterocycles. The molecule has 4 heteroatoms. The first-order valence-corrected chi connectivity index (χ1v) is 6.33. The Morgan fingerprint density at radius 1 is 1.25 bits per heavy atom. The van der Waals surface area contributed by atoms with Crippen LogP contribution in [0.2, 0.25) is 0 Å². The van der Waals surface area contributed by atoms with Crippen molar-refractivity contribution in [2.75, 3.05) is 0 Å². The molecule has 0 spiro atoms. The van der Waals surface area contributed by atoms with E-state index in [1.165, 1.54) is 12.1 Å². The number of carbonyl (C=O) groups is 1. The molecule has 104 valence electrons. The molecule has 0 saturated heterocycles. The first-order chi connectivity index (χ1) is 9.60. The van der Waals surface area contributed by atoms with Crippen molar-refractivity contribution in [1.29, 1.82) is 0 Å². The van der Waals surface area contributed by atoms with Gasteiger partial charge in [-0.15, -0.1) is 0 Å². The lowest BCUT2D eigenvalue weighted by atomic mass is 10.1. The monoisotopic (exact) mass is 274 g/mol. The van der Waals surface area contributed by atoms with Gasteiger partial charge in [0.05, 0.1) is 5.56 Å². The topological polar surface area (TPSA) is 46.5 Å². The van der Waals surface area contributed by atoms with Gasteiger partial charge in [-0.1, -0.05) is 19.1 Å².